The number of aromatic nitrogens is 2. The summed E-state index contributed by atoms with van der Waals surface area (Å²) < 4.78 is 17.7. The maximum absolute atomic E-state index is 13.3. The molecule has 0 N–H and O–H groups in total. The average Bonchev–Trinajstić information content (AvgIpc) is 3.61. The van der Waals surface area contributed by atoms with Crippen LogP contribution in [0.15, 0.2) is 30.3 Å². The summed E-state index contributed by atoms with van der Waals surface area (Å²) in [6.45, 7) is 9.25. The van der Waals surface area contributed by atoms with Gasteiger partial charge in [-0.1, -0.05) is 30.3 Å². The lowest BCUT2D eigenvalue weighted by molar-refractivity contribution is 0.0219. The number of nitriles is 1. The first-order valence-electron chi connectivity index (χ1n) is 16.4. The Morgan fingerprint density at radius 1 is 1.02 bits per heavy atom. The molecule has 1 aromatic carbocycles. The van der Waals surface area contributed by atoms with Crippen LogP contribution in [0.5, 0.6) is 6.01 Å². The monoisotopic (exact) mass is 631 g/mol. The third kappa shape index (κ3) is 6.99. The lowest BCUT2D eigenvalue weighted by Gasteiger charge is -2.41. The van der Waals surface area contributed by atoms with Gasteiger partial charge in [-0.2, -0.15) is 15.2 Å². The predicted octanol–water partition coefficient (Wildman–Crippen LogP) is 4.54. The van der Waals surface area contributed by atoms with E-state index in [1.807, 2.05) is 56.0 Å². The molecule has 3 fully saturated rings. The number of carbonyl (C=O) groups excluding carboxylic acids is 2. The normalized spacial score (nSPS) is 24.4. The van der Waals surface area contributed by atoms with E-state index in [4.69, 9.17) is 24.2 Å². The van der Waals surface area contributed by atoms with E-state index in [0.717, 1.165) is 54.9 Å². The molecule has 0 spiro atoms. The van der Waals surface area contributed by atoms with Crippen molar-refractivity contribution in [2.24, 2.45) is 5.92 Å². The maximum atomic E-state index is 13.3. The van der Waals surface area contributed by atoms with Crippen LogP contribution in [0.1, 0.15) is 69.3 Å². The van der Waals surface area contributed by atoms with E-state index in [2.05, 4.69) is 22.9 Å². The fraction of sp³-hybridized carbons (Fsp3) is 0.618. The first-order chi connectivity index (χ1) is 22.1. The second-order valence-electron chi connectivity index (χ2n) is 13.9. The van der Waals surface area contributed by atoms with Gasteiger partial charge in [0.2, 0.25) is 0 Å². The number of benzene rings is 1. The van der Waals surface area contributed by atoms with Gasteiger partial charge in [0.25, 0.3) is 0 Å². The van der Waals surface area contributed by atoms with Gasteiger partial charge in [-0.15, -0.1) is 0 Å². The summed E-state index contributed by atoms with van der Waals surface area (Å²) in [5, 5.41) is 9.71. The second kappa shape index (κ2) is 13.3. The van der Waals surface area contributed by atoms with Crippen LogP contribution in [-0.2, 0) is 22.5 Å². The number of rotatable bonds is 7. The molecule has 0 unspecified atom stereocenters. The molecule has 0 radical (unpaired) electrons. The number of hydrogen-bond acceptors (Lipinski definition) is 10. The molecule has 1 aliphatic carbocycles. The van der Waals surface area contributed by atoms with Gasteiger partial charge in [-0.05, 0) is 71.5 Å². The fourth-order valence-electron chi connectivity index (χ4n) is 7.14. The summed E-state index contributed by atoms with van der Waals surface area (Å²) in [6, 6.07) is 11.8. The first-order valence-corrected chi connectivity index (χ1v) is 16.4. The Morgan fingerprint density at radius 3 is 2.54 bits per heavy atom. The summed E-state index contributed by atoms with van der Waals surface area (Å²) in [5.74, 6) is 1.02. The number of hydrogen-bond donors (Lipinski definition) is 0. The largest absolute Gasteiger partial charge is 0.462 e. The number of piperazine rings is 1. The van der Waals surface area contributed by atoms with Gasteiger partial charge in [0.15, 0.2) is 0 Å². The van der Waals surface area contributed by atoms with Gasteiger partial charge in [0, 0.05) is 37.8 Å². The van der Waals surface area contributed by atoms with Crippen molar-refractivity contribution in [1.82, 2.24) is 24.7 Å². The molecule has 1 aromatic heterocycles. The highest BCUT2D eigenvalue weighted by Gasteiger charge is 2.46. The van der Waals surface area contributed by atoms with Gasteiger partial charge in [-0.25, -0.2) is 9.59 Å². The number of amides is 2. The third-order valence-corrected chi connectivity index (χ3v) is 9.45. The molecule has 4 atom stereocenters. The van der Waals surface area contributed by atoms with E-state index >= 15 is 0 Å². The summed E-state index contributed by atoms with van der Waals surface area (Å²) in [6.07, 6.45) is 3.14. The van der Waals surface area contributed by atoms with Crippen LogP contribution >= 0.6 is 0 Å². The summed E-state index contributed by atoms with van der Waals surface area (Å²) >= 11 is 0. The molecule has 246 valence electrons. The van der Waals surface area contributed by atoms with Crippen molar-refractivity contribution in [3.05, 3.63) is 47.2 Å². The van der Waals surface area contributed by atoms with Gasteiger partial charge >= 0.3 is 18.2 Å². The molecule has 2 bridgehead atoms. The first kappa shape index (κ1) is 31.9. The van der Waals surface area contributed by atoms with Crippen molar-refractivity contribution in [3.63, 3.8) is 0 Å². The van der Waals surface area contributed by atoms with Crippen LogP contribution in [0.2, 0.25) is 0 Å². The molecule has 46 heavy (non-hydrogen) atoms. The van der Waals surface area contributed by atoms with E-state index in [0.29, 0.717) is 44.8 Å². The highest BCUT2D eigenvalue weighted by molar-refractivity contribution is 5.71. The lowest BCUT2D eigenvalue weighted by atomic mass is 9.87. The zero-order valence-corrected chi connectivity index (χ0v) is 27.4. The Kier molecular flexibility index (Phi) is 9.22. The molecule has 12 heteroatoms. The fourth-order valence-corrected chi connectivity index (χ4v) is 7.14. The van der Waals surface area contributed by atoms with Gasteiger partial charge in [0.1, 0.15) is 24.6 Å². The number of ether oxygens (including phenoxy) is 3. The number of likely N-dealkylation sites (tertiary alicyclic amines) is 2. The van der Waals surface area contributed by atoms with Crippen LogP contribution < -0.4 is 9.64 Å². The van der Waals surface area contributed by atoms with Crippen LogP contribution in [-0.4, -0.2) is 101 Å². The molecule has 2 aromatic rings. The molecular weight excluding hydrogens is 586 g/mol. The van der Waals surface area contributed by atoms with Crippen molar-refractivity contribution in [2.45, 2.75) is 83.2 Å². The summed E-state index contributed by atoms with van der Waals surface area (Å²) in [4.78, 5) is 44.4. The lowest BCUT2D eigenvalue weighted by Crippen LogP contribution is -2.55. The quantitative estimate of drug-likeness (QED) is 0.430. The van der Waals surface area contributed by atoms with Gasteiger partial charge in [0.05, 0.1) is 30.3 Å². The van der Waals surface area contributed by atoms with E-state index in [9.17, 15) is 14.9 Å². The SMILES string of the molecule is CN1CCC[C@H]1COc1nc2c(c(N3CCN(C(=O)OCc4ccccc4)[C@@H](CC#N)C3)n1)C[C@H]1C[C@@H]2N(C(=O)OC(C)(C)C)C1. The van der Waals surface area contributed by atoms with Crippen LogP contribution in [0.3, 0.4) is 0 Å². The Balaban J connectivity index is 1.26. The van der Waals surface area contributed by atoms with Crippen molar-refractivity contribution < 1.29 is 23.8 Å². The summed E-state index contributed by atoms with van der Waals surface area (Å²) in [7, 11) is 2.11. The molecule has 2 amide bonds. The minimum absolute atomic E-state index is 0.166. The minimum Gasteiger partial charge on any atom is -0.462 e. The van der Waals surface area contributed by atoms with Crippen LogP contribution in [0.25, 0.3) is 0 Å². The topological polar surface area (TPSA) is 124 Å². The molecule has 4 aliphatic rings. The Labute approximate surface area is 271 Å². The smallest absolute Gasteiger partial charge is 0.410 e. The third-order valence-electron chi connectivity index (χ3n) is 9.45. The molecule has 0 saturated carbocycles. The van der Waals surface area contributed by atoms with E-state index in [1.165, 1.54) is 0 Å². The number of fused-ring (bicyclic) bond motifs is 4. The maximum Gasteiger partial charge on any atom is 0.410 e. The molecule has 3 saturated heterocycles. The van der Waals surface area contributed by atoms with Gasteiger partial charge in [-0.3, -0.25) is 4.90 Å². The van der Waals surface area contributed by atoms with Crippen molar-refractivity contribution in [1.29, 1.82) is 5.26 Å². The highest BCUT2D eigenvalue weighted by atomic mass is 16.6. The Bertz CT molecular complexity index is 1460. The number of anilines is 1. The molecule has 6 rings (SSSR count). The predicted molar refractivity (Wildman–Crippen MR) is 170 cm³/mol. The van der Waals surface area contributed by atoms with E-state index in [1.54, 1.807) is 4.90 Å². The Morgan fingerprint density at radius 2 is 1.83 bits per heavy atom. The van der Waals surface area contributed by atoms with Gasteiger partial charge < -0.3 is 28.9 Å². The molecule has 4 heterocycles. The van der Waals surface area contributed by atoms with E-state index in [-0.39, 0.29) is 37.1 Å². The number of likely N-dealkylation sites (N-methyl/N-ethyl adjacent to an activating group) is 1. The van der Waals surface area contributed by atoms with Crippen molar-refractivity contribution >= 4 is 18.0 Å². The average molecular weight is 632 g/mol. The molecule has 3 aliphatic heterocycles. The van der Waals surface area contributed by atoms with Crippen LogP contribution in [0.4, 0.5) is 15.4 Å². The van der Waals surface area contributed by atoms with Crippen LogP contribution in [0, 0.1) is 17.2 Å². The van der Waals surface area contributed by atoms with Crippen molar-refractivity contribution in [3.8, 4) is 12.1 Å². The second-order valence-corrected chi connectivity index (χ2v) is 13.9. The number of carbonyl (C=O) groups is 2. The molecular formula is C34H45N7O5. The summed E-state index contributed by atoms with van der Waals surface area (Å²) in [5.41, 5.74) is 2.12. The standard InChI is InChI=1S/C34H45N7O5/c1-34(2,3)46-33(43)41-19-24-17-27-29(28(41)18-24)36-31(44-22-26-11-8-14-38(26)4)37-30(27)39-15-16-40(25(20-39)12-13-35)32(42)45-21-23-9-6-5-7-10-23/h5-7,9-10,24-26,28H,8,11-12,14-22H2,1-4H3/t24-,25-,26-,28-/m0/s1. The minimum atomic E-state index is -0.604. The van der Waals surface area contributed by atoms with E-state index < -0.39 is 11.7 Å². The Hall–Kier alpha value is -4.11. The highest BCUT2D eigenvalue weighted by Crippen LogP contribution is 2.46. The zero-order chi connectivity index (χ0) is 32.4. The van der Waals surface area contributed by atoms with Crippen molar-refractivity contribution in [2.75, 3.05) is 51.3 Å². The molecule has 12 nitrogen and oxygen atoms in total. The number of nitrogens with zero attached hydrogens (tertiary/aromatic N) is 7. The zero-order valence-electron chi connectivity index (χ0n) is 27.4.